The van der Waals surface area contributed by atoms with Crippen molar-refractivity contribution in [2.45, 2.75) is 26.5 Å². The number of ketones is 1. The number of rotatable bonds is 5. The minimum Gasteiger partial charge on any atom is -0.453 e. The maximum Gasteiger partial charge on any atom is 0.328 e. The van der Waals surface area contributed by atoms with Crippen molar-refractivity contribution in [3.63, 3.8) is 0 Å². The normalized spacial score (nSPS) is 11.7. The molecule has 0 aliphatic heterocycles. The fraction of sp³-hybridized carbons (Fsp3) is 0.250. The van der Waals surface area contributed by atoms with Crippen LogP contribution in [0.5, 0.6) is 0 Å². The third-order valence-electron chi connectivity index (χ3n) is 3.21. The Morgan fingerprint density at radius 3 is 2.43 bits per heavy atom. The second kappa shape index (κ2) is 6.87. The standard InChI is InChI=1S/C16H16N2O5/c1-10-3-5-12(6-4-10)15(21)11(2)23-14(20)9-18-8-7-13(19)17-16(18)22/h3-8,11H,9H2,1-2H3,(H,17,19,22)/t11-/m0/s1. The fourth-order valence-corrected chi connectivity index (χ4v) is 1.95. The Balaban J connectivity index is 2.01. The molecule has 1 aromatic heterocycles. The van der Waals surface area contributed by atoms with Gasteiger partial charge in [0.1, 0.15) is 6.54 Å². The van der Waals surface area contributed by atoms with Gasteiger partial charge in [0.25, 0.3) is 5.56 Å². The summed E-state index contributed by atoms with van der Waals surface area (Å²) >= 11 is 0. The van der Waals surface area contributed by atoms with E-state index < -0.39 is 23.3 Å². The zero-order valence-corrected chi connectivity index (χ0v) is 12.7. The van der Waals surface area contributed by atoms with Gasteiger partial charge in [-0.15, -0.1) is 0 Å². The van der Waals surface area contributed by atoms with Gasteiger partial charge in [-0.25, -0.2) is 4.79 Å². The third-order valence-corrected chi connectivity index (χ3v) is 3.21. The smallest absolute Gasteiger partial charge is 0.328 e. The lowest BCUT2D eigenvalue weighted by Crippen LogP contribution is -2.33. The third kappa shape index (κ3) is 4.26. The molecule has 2 rings (SSSR count). The molecule has 0 fully saturated rings. The molecule has 23 heavy (non-hydrogen) atoms. The van der Waals surface area contributed by atoms with Crippen LogP contribution in [-0.2, 0) is 16.1 Å². The summed E-state index contributed by atoms with van der Waals surface area (Å²) in [7, 11) is 0. The van der Waals surface area contributed by atoms with Crippen LogP contribution in [-0.4, -0.2) is 27.4 Å². The molecule has 0 aliphatic rings. The number of aromatic amines is 1. The molecule has 0 spiro atoms. The number of ether oxygens (including phenoxy) is 1. The second-order valence-corrected chi connectivity index (χ2v) is 5.10. The van der Waals surface area contributed by atoms with Gasteiger partial charge in [0.2, 0.25) is 5.78 Å². The molecule has 1 atom stereocenters. The first-order valence-corrected chi connectivity index (χ1v) is 6.97. The number of nitrogens with one attached hydrogen (secondary N) is 1. The quantitative estimate of drug-likeness (QED) is 0.645. The number of aryl methyl sites for hydroxylation is 1. The summed E-state index contributed by atoms with van der Waals surface area (Å²) in [6.07, 6.45) is 0.221. The average Bonchev–Trinajstić information content (AvgIpc) is 2.50. The van der Waals surface area contributed by atoms with E-state index in [1.54, 1.807) is 24.3 Å². The van der Waals surface area contributed by atoms with Crippen LogP contribution in [0, 0.1) is 6.92 Å². The highest BCUT2D eigenvalue weighted by Crippen LogP contribution is 2.08. The zero-order valence-electron chi connectivity index (χ0n) is 12.7. The first-order valence-electron chi connectivity index (χ1n) is 6.97. The van der Waals surface area contributed by atoms with E-state index in [9.17, 15) is 19.2 Å². The van der Waals surface area contributed by atoms with E-state index in [2.05, 4.69) is 0 Å². The average molecular weight is 316 g/mol. The van der Waals surface area contributed by atoms with Crippen molar-refractivity contribution in [1.82, 2.24) is 9.55 Å². The molecule has 1 heterocycles. The van der Waals surface area contributed by atoms with Gasteiger partial charge in [0, 0.05) is 17.8 Å². The molecular formula is C16H16N2O5. The van der Waals surface area contributed by atoms with Crippen molar-refractivity contribution in [3.05, 3.63) is 68.5 Å². The Kier molecular flexibility index (Phi) is 4.90. The van der Waals surface area contributed by atoms with Crippen LogP contribution in [0.15, 0.2) is 46.1 Å². The number of H-pyrrole nitrogens is 1. The van der Waals surface area contributed by atoms with E-state index in [-0.39, 0.29) is 12.3 Å². The molecule has 7 heteroatoms. The lowest BCUT2D eigenvalue weighted by molar-refractivity contribution is -0.147. The van der Waals surface area contributed by atoms with Crippen molar-refractivity contribution in [1.29, 1.82) is 0 Å². The van der Waals surface area contributed by atoms with Crippen molar-refractivity contribution in [2.24, 2.45) is 0 Å². The molecule has 0 amide bonds. The summed E-state index contributed by atoms with van der Waals surface area (Å²) in [6.45, 7) is 2.98. The molecule has 0 saturated heterocycles. The number of carbonyl (C=O) groups excluding carboxylic acids is 2. The Morgan fingerprint density at radius 1 is 1.17 bits per heavy atom. The molecule has 2 aromatic rings. The Labute approximate surface area is 131 Å². The van der Waals surface area contributed by atoms with E-state index in [4.69, 9.17) is 4.74 Å². The molecule has 0 aliphatic carbocycles. The summed E-state index contributed by atoms with van der Waals surface area (Å²) in [4.78, 5) is 48.4. The lowest BCUT2D eigenvalue weighted by atomic mass is 10.1. The van der Waals surface area contributed by atoms with Crippen molar-refractivity contribution < 1.29 is 14.3 Å². The topological polar surface area (TPSA) is 98.2 Å². The minimum atomic E-state index is -0.969. The number of hydrogen-bond donors (Lipinski definition) is 1. The van der Waals surface area contributed by atoms with Crippen molar-refractivity contribution >= 4 is 11.8 Å². The van der Waals surface area contributed by atoms with Crippen LogP contribution in [0.4, 0.5) is 0 Å². The van der Waals surface area contributed by atoms with E-state index in [1.165, 1.54) is 13.1 Å². The van der Waals surface area contributed by atoms with Gasteiger partial charge >= 0.3 is 11.7 Å². The summed E-state index contributed by atoms with van der Waals surface area (Å²) in [5.41, 5.74) is 0.190. The van der Waals surface area contributed by atoms with Crippen LogP contribution in [0.3, 0.4) is 0 Å². The van der Waals surface area contributed by atoms with E-state index in [0.29, 0.717) is 5.56 Å². The van der Waals surface area contributed by atoms with Crippen molar-refractivity contribution in [2.75, 3.05) is 0 Å². The first kappa shape index (κ1) is 16.4. The molecule has 1 N–H and O–H groups in total. The fourth-order valence-electron chi connectivity index (χ4n) is 1.95. The summed E-state index contributed by atoms with van der Waals surface area (Å²) in [5.74, 6) is -1.07. The molecule has 0 radical (unpaired) electrons. The van der Waals surface area contributed by atoms with E-state index in [0.717, 1.165) is 16.2 Å². The summed E-state index contributed by atoms with van der Waals surface area (Å²) < 4.78 is 6.04. The van der Waals surface area contributed by atoms with Crippen LogP contribution in [0.1, 0.15) is 22.8 Å². The molecule has 120 valence electrons. The molecule has 1 aromatic carbocycles. The number of Topliss-reactive ketones (excluding diaryl/α,β-unsaturated/α-hetero) is 1. The van der Waals surface area contributed by atoms with E-state index >= 15 is 0 Å². The Morgan fingerprint density at radius 2 is 1.83 bits per heavy atom. The number of nitrogens with zero attached hydrogens (tertiary/aromatic N) is 1. The van der Waals surface area contributed by atoms with Gasteiger partial charge in [0.15, 0.2) is 6.10 Å². The SMILES string of the molecule is Cc1ccc(C(=O)[C@H](C)OC(=O)Cn2ccc(=O)[nH]c2=O)cc1. The van der Waals surface area contributed by atoms with Gasteiger partial charge in [-0.2, -0.15) is 0 Å². The molecule has 0 unspecified atom stereocenters. The minimum absolute atomic E-state index is 0.327. The second-order valence-electron chi connectivity index (χ2n) is 5.10. The predicted molar refractivity (Wildman–Crippen MR) is 82.4 cm³/mol. The maximum absolute atomic E-state index is 12.2. The number of aromatic nitrogens is 2. The molecular weight excluding hydrogens is 300 g/mol. The molecule has 0 saturated carbocycles. The first-order chi connectivity index (χ1) is 10.9. The molecule has 0 bridgehead atoms. The summed E-state index contributed by atoms with van der Waals surface area (Å²) in [5, 5.41) is 0. The highest BCUT2D eigenvalue weighted by atomic mass is 16.5. The van der Waals surface area contributed by atoms with Gasteiger partial charge in [0.05, 0.1) is 0 Å². The lowest BCUT2D eigenvalue weighted by Gasteiger charge is -2.13. The number of hydrogen-bond acceptors (Lipinski definition) is 5. The molecule has 7 nitrogen and oxygen atoms in total. The summed E-state index contributed by atoms with van der Waals surface area (Å²) in [6, 6.07) is 8.03. The predicted octanol–water partition coefficient (Wildman–Crippen LogP) is 0.660. The Bertz CT molecular complexity index is 833. The monoisotopic (exact) mass is 316 g/mol. The van der Waals surface area contributed by atoms with Crippen LogP contribution in [0.2, 0.25) is 0 Å². The number of benzene rings is 1. The highest BCUT2D eigenvalue weighted by Gasteiger charge is 2.19. The van der Waals surface area contributed by atoms with Crippen molar-refractivity contribution in [3.8, 4) is 0 Å². The number of esters is 1. The van der Waals surface area contributed by atoms with Crippen LogP contribution >= 0.6 is 0 Å². The van der Waals surface area contributed by atoms with Gasteiger partial charge in [-0.05, 0) is 13.8 Å². The number of carbonyl (C=O) groups is 2. The van der Waals surface area contributed by atoms with Gasteiger partial charge < -0.3 is 4.74 Å². The van der Waals surface area contributed by atoms with Gasteiger partial charge in [-0.1, -0.05) is 29.8 Å². The highest BCUT2D eigenvalue weighted by molar-refractivity contribution is 6.00. The Hall–Kier alpha value is -2.96. The van der Waals surface area contributed by atoms with E-state index in [1.807, 2.05) is 11.9 Å². The largest absolute Gasteiger partial charge is 0.453 e. The van der Waals surface area contributed by atoms with Crippen LogP contribution < -0.4 is 11.2 Å². The maximum atomic E-state index is 12.2. The zero-order chi connectivity index (χ0) is 17.0. The van der Waals surface area contributed by atoms with Crippen LogP contribution in [0.25, 0.3) is 0 Å². The van der Waals surface area contributed by atoms with Gasteiger partial charge in [-0.3, -0.25) is 23.9 Å².